The van der Waals surface area contributed by atoms with E-state index in [9.17, 15) is 9.59 Å². The number of hydrogen-bond donors (Lipinski definition) is 0. The van der Waals surface area contributed by atoms with Crippen LogP contribution in [-0.2, 0) is 14.3 Å². The van der Waals surface area contributed by atoms with E-state index in [-0.39, 0.29) is 23.7 Å². The maximum Gasteiger partial charge on any atom is 0.310 e. The van der Waals surface area contributed by atoms with Crippen molar-refractivity contribution in [1.82, 2.24) is 4.90 Å². The lowest BCUT2D eigenvalue weighted by molar-refractivity contribution is -0.149. The van der Waals surface area contributed by atoms with E-state index in [4.69, 9.17) is 4.74 Å². The van der Waals surface area contributed by atoms with Crippen molar-refractivity contribution in [2.75, 3.05) is 20.2 Å². The quantitative estimate of drug-likeness (QED) is 0.794. The van der Waals surface area contributed by atoms with Crippen LogP contribution >= 0.6 is 0 Å². The zero-order valence-electron chi connectivity index (χ0n) is 12.0. The summed E-state index contributed by atoms with van der Waals surface area (Å²) in [5.74, 6) is -0.479. The average Bonchev–Trinajstić information content (AvgIpc) is 2.53. The highest BCUT2D eigenvalue weighted by atomic mass is 16.5. The summed E-state index contributed by atoms with van der Waals surface area (Å²) in [6.07, 6.45) is 1.66. The molecule has 0 aromatic heterocycles. The molecule has 0 N–H and O–H groups in total. The maximum absolute atomic E-state index is 12.5. The largest absolute Gasteiger partial charge is 0.469 e. The molecule has 20 heavy (non-hydrogen) atoms. The van der Waals surface area contributed by atoms with Crippen LogP contribution in [0.15, 0.2) is 30.3 Å². The molecule has 0 spiro atoms. The number of benzene rings is 1. The molecule has 2 rings (SSSR count). The van der Waals surface area contributed by atoms with Crippen LogP contribution in [-0.4, -0.2) is 37.0 Å². The third-order valence-electron chi connectivity index (χ3n) is 3.94. The van der Waals surface area contributed by atoms with E-state index in [0.717, 1.165) is 24.9 Å². The van der Waals surface area contributed by atoms with E-state index < -0.39 is 0 Å². The fourth-order valence-corrected chi connectivity index (χ4v) is 2.69. The molecule has 108 valence electrons. The molecule has 0 radical (unpaired) electrons. The van der Waals surface area contributed by atoms with Crippen LogP contribution < -0.4 is 0 Å². The molecule has 1 aliphatic rings. The fraction of sp³-hybridized carbons (Fsp3) is 0.500. The minimum Gasteiger partial charge on any atom is -0.469 e. The van der Waals surface area contributed by atoms with Gasteiger partial charge in [0, 0.05) is 13.1 Å². The Morgan fingerprint density at radius 2 is 2.00 bits per heavy atom. The van der Waals surface area contributed by atoms with Gasteiger partial charge in [0.1, 0.15) is 0 Å². The lowest BCUT2D eigenvalue weighted by atomic mass is 9.94. The summed E-state index contributed by atoms with van der Waals surface area (Å²) in [5.41, 5.74) is 1.01. The topological polar surface area (TPSA) is 46.6 Å². The van der Waals surface area contributed by atoms with E-state index in [0.29, 0.717) is 6.54 Å². The summed E-state index contributed by atoms with van der Waals surface area (Å²) in [5, 5.41) is 0. The molecular formula is C16H21NO3. The average molecular weight is 275 g/mol. The van der Waals surface area contributed by atoms with Crippen molar-refractivity contribution >= 4 is 11.9 Å². The number of carbonyl (C=O) groups is 2. The van der Waals surface area contributed by atoms with Crippen molar-refractivity contribution in [3.63, 3.8) is 0 Å². The first-order chi connectivity index (χ1) is 9.63. The van der Waals surface area contributed by atoms with Gasteiger partial charge in [-0.05, 0) is 25.3 Å². The van der Waals surface area contributed by atoms with Gasteiger partial charge in [0.2, 0.25) is 5.91 Å². The van der Waals surface area contributed by atoms with Crippen molar-refractivity contribution in [3.8, 4) is 0 Å². The highest BCUT2D eigenvalue weighted by Crippen LogP contribution is 2.23. The predicted molar refractivity (Wildman–Crippen MR) is 76.2 cm³/mol. The molecule has 2 unspecified atom stereocenters. The monoisotopic (exact) mass is 275 g/mol. The van der Waals surface area contributed by atoms with Gasteiger partial charge in [0.05, 0.1) is 18.9 Å². The van der Waals surface area contributed by atoms with Crippen LogP contribution in [0.2, 0.25) is 0 Å². The molecule has 0 aliphatic carbocycles. The zero-order chi connectivity index (χ0) is 14.5. The minimum atomic E-state index is -0.213. The highest BCUT2D eigenvalue weighted by Gasteiger charge is 2.31. The molecule has 0 saturated carbocycles. The maximum atomic E-state index is 12.5. The van der Waals surface area contributed by atoms with E-state index in [1.165, 1.54) is 7.11 Å². The molecule has 1 fully saturated rings. The Balaban J connectivity index is 2.03. The number of piperidine rings is 1. The van der Waals surface area contributed by atoms with Crippen LogP contribution in [0.5, 0.6) is 0 Å². The van der Waals surface area contributed by atoms with Gasteiger partial charge in [-0.3, -0.25) is 9.59 Å². The summed E-state index contributed by atoms with van der Waals surface area (Å²) in [7, 11) is 1.40. The lowest BCUT2D eigenvalue weighted by Gasteiger charge is -2.33. The molecule has 1 aliphatic heterocycles. The second kappa shape index (κ2) is 6.55. The molecule has 4 nitrogen and oxygen atoms in total. The van der Waals surface area contributed by atoms with Crippen molar-refractivity contribution < 1.29 is 14.3 Å². The van der Waals surface area contributed by atoms with Crippen LogP contribution in [0, 0.1) is 5.92 Å². The summed E-state index contributed by atoms with van der Waals surface area (Å²) in [4.78, 5) is 25.9. The Labute approximate surface area is 119 Å². The van der Waals surface area contributed by atoms with Gasteiger partial charge in [-0.25, -0.2) is 0 Å². The summed E-state index contributed by atoms with van der Waals surface area (Å²) in [6, 6.07) is 9.74. The zero-order valence-corrected chi connectivity index (χ0v) is 12.0. The Bertz CT molecular complexity index is 472. The summed E-state index contributed by atoms with van der Waals surface area (Å²) in [6.45, 7) is 3.12. The Hall–Kier alpha value is -1.84. The first kappa shape index (κ1) is 14.6. The molecule has 2 atom stereocenters. The number of esters is 1. The molecule has 0 bridgehead atoms. The van der Waals surface area contributed by atoms with E-state index in [1.54, 1.807) is 4.90 Å². The smallest absolute Gasteiger partial charge is 0.310 e. The fourth-order valence-electron chi connectivity index (χ4n) is 2.69. The second-order valence-corrected chi connectivity index (χ2v) is 5.28. The van der Waals surface area contributed by atoms with Crippen LogP contribution in [0.4, 0.5) is 0 Å². The van der Waals surface area contributed by atoms with E-state index in [2.05, 4.69) is 0 Å². The minimum absolute atomic E-state index is 0.0878. The number of amides is 1. The molecule has 1 amide bonds. The SMILES string of the molecule is COC(=O)C1CCCN(C(=O)C(C)c2ccccc2)C1. The van der Waals surface area contributed by atoms with Crippen LogP contribution in [0.25, 0.3) is 0 Å². The van der Waals surface area contributed by atoms with Crippen molar-refractivity contribution in [3.05, 3.63) is 35.9 Å². The van der Waals surface area contributed by atoms with Gasteiger partial charge in [-0.1, -0.05) is 30.3 Å². The number of carbonyl (C=O) groups excluding carboxylic acids is 2. The standard InChI is InChI=1S/C16H21NO3/c1-12(13-7-4-3-5-8-13)15(18)17-10-6-9-14(11-17)16(19)20-2/h3-5,7-8,12,14H,6,9-11H2,1-2H3. The van der Waals surface area contributed by atoms with Gasteiger partial charge < -0.3 is 9.64 Å². The summed E-state index contributed by atoms with van der Waals surface area (Å²) < 4.78 is 4.79. The molecule has 1 heterocycles. The number of hydrogen-bond acceptors (Lipinski definition) is 3. The van der Waals surface area contributed by atoms with Crippen LogP contribution in [0.3, 0.4) is 0 Å². The number of rotatable bonds is 3. The van der Waals surface area contributed by atoms with E-state index in [1.807, 2.05) is 37.3 Å². The van der Waals surface area contributed by atoms with Gasteiger partial charge in [-0.15, -0.1) is 0 Å². The highest BCUT2D eigenvalue weighted by molar-refractivity contribution is 5.84. The van der Waals surface area contributed by atoms with Gasteiger partial charge >= 0.3 is 5.97 Å². The number of ether oxygens (including phenoxy) is 1. The number of nitrogens with zero attached hydrogens (tertiary/aromatic N) is 1. The number of methoxy groups -OCH3 is 1. The second-order valence-electron chi connectivity index (χ2n) is 5.28. The van der Waals surface area contributed by atoms with Crippen LogP contribution in [0.1, 0.15) is 31.2 Å². The molecular weight excluding hydrogens is 254 g/mol. The predicted octanol–water partition coefficient (Wildman–Crippen LogP) is 2.20. The first-order valence-corrected chi connectivity index (χ1v) is 7.05. The third-order valence-corrected chi connectivity index (χ3v) is 3.94. The Morgan fingerprint density at radius 1 is 1.30 bits per heavy atom. The third kappa shape index (κ3) is 3.18. The molecule has 1 aromatic rings. The van der Waals surface area contributed by atoms with Crippen molar-refractivity contribution in [2.45, 2.75) is 25.7 Å². The van der Waals surface area contributed by atoms with Gasteiger partial charge in [-0.2, -0.15) is 0 Å². The molecule has 4 heteroatoms. The Kier molecular flexibility index (Phi) is 4.77. The normalized spacial score (nSPS) is 20.3. The van der Waals surface area contributed by atoms with Gasteiger partial charge in [0.15, 0.2) is 0 Å². The van der Waals surface area contributed by atoms with Crippen molar-refractivity contribution in [2.24, 2.45) is 5.92 Å². The lowest BCUT2D eigenvalue weighted by Crippen LogP contribution is -2.44. The van der Waals surface area contributed by atoms with E-state index >= 15 is 0 Å². The number of likely N-dealkylation sites (tertiary alicyclic amines) is 1. The summed E-state index contributed by atoms with van der Waals surface area (Å²) >= 11 is 0. The first-order valence-electron chi connectivity index (χ1n) is 7.05. The Morgan fingerprint density at radius 3 is 2.65 bits per heavy atom. The molecule has 1 saturated heterocycles. The molecule has 1 aromatic carbocycles. The van der Waals surface area contributed by atoms with Crippen molar-refractivity contribution in [1.29, 1.82) is 0 Å². The van der Waals surface area contributed by atoms with Gasteiger partial charge in [0.25, 0.3) is 0 Å².